The van der Waals surface area contributed by atoms with Crippen LogP contribution in [0, 0.1) is 10.1 Å². The van der Waals surface area contributed by atoms with Crippen molar-refractivity contribution in [2.24, 2.45) is 0 Å². The lowest BCUT2D eigenvalue weighted by molar-refractivity contribution is -0.384. The molecule has 3 aromatic rings. The highest BCUT2D eigenvalue weighted by Gasteiger charge is 2.25. The Labute approximate surface area is 178 Å². The minimum Gasteiger partial charge on any atom is -0.352 e. The number of piperazine rings is 1. The standard InChI is InChI=1S/C21H20ClN5O3/c1-2-19-23-18-13-15(22)6-7-17(18)20(24-19)25-8-10-26(11-9-25)21(28)14-4-3-5-16(12-14)27(29)30/h3-7,12-13H,2,8-11H2,1H3. The molecule has 2 heterocycles. The number of benzene rings is 2. The van der Waals surface area contributed by atoms with Gasteiger partial charge < -0.3 is 9.80 Å². The second-order valence-electron chi connectivity index (χ2n) is 7.07. The Balaban J connectivity index is 1.54. The molecule has 0 radical (unpaired) electrons. The van der Waals surface area contributed by atoms with Crippen molar-refractivity contribution < 1.29 is 9.72 Å². The number of hydrogen-bond donors (Lipinski definition) is 0. The molecule has 8 nitrogen and oxygen atoms in total. The molecule has 0 unspecified atom stereocenters. The summed E-state index contributed by atoms with van der Waals surface area (Å²) in [7, 11) is 0. The van der Waals surface area contributed by atoms with Crippen LogP contribution in [0.4, 0.5) is 11.5 Å². The number of non-ortho nitro benzene ring substituents is 1. The van der Waals surface area contributed by atoms with Crippen molar-refractivity contribution in [1.82, 2.24) is 14.9 Å². The van der Waals surface area contributed by atoms with Crippen molar-refractivity contribution in [3.8, 4) is 0 Å². The minimum absolute atomic E-state index is 0.0855. The van der Waals surface area contributed by atoms with Gasteiger partial charge in [0.15, 0.2) is 0 Å². The van der Waals surface area contributed by atoms with E-state index in [1.54, 1.807) is 11.0 Å². The van der Waals surface area contributed by atoms with Crippen LogP contribution in [-0.2, 0) is 6.42 Å². The van der Waals surface area contributed by atoms with E-state index in [1.165, 1.54) is 18.2 Å². The van der Waals surface area contributed by atoms with Gasteiger partial charge in [-0.05, 0) is 24.3 Å². The predicted octanol–water partition coefficient (Wildman–Crippen LogP) is 3.72. The van der Waals surface area contributed by atoms with Crippen molar-refractivity contribution in [2.75, 3.05) is 31.1 Å². The van der Waals surface area contributed by atoms with Gasteiger partial charge in [-0.15, -0.1) is 0 Å². The number of nitro groups is 1. The molecule has 1 aromatic heterocycles. The van der Waals surface area contributed by atoms with E-state index in [2.05, 4.69) is 9.88 Å². The van der Waals surface area contributed by atoms with Gasteiger partial charge in [0.25, 0.3) is 11.6 Å². The number of nitrogens with zero attached hydrogens (tertiary/aromatic N) is 5. The number of amides is 1. The van der Waals surface area contributed by atoms with Crippen LogP contribution in [-0.4, -0.2) is 51.9 Å². The fraction of sp³-hybridized carbons (Fsp3) is 0.286. The zero-order valence-corrected chi connectivity index (χ0v) is 17.2. The van der Waals surface area contributed by atoms with Gasteiger partial charge in [0, 0.05) is 60.7 Å². The molecule has 0 spiro atoms. The van der Waals surface area contributed by atoms with E-state index in [-0.39, 0.29) is 11.6 Å². The van der Waals surface area contributed by atoms with Crippen LogP contribution in [0.3, 0.4) is 0 Å². The highest BCUT2D eigenvalue weighted by molar-refractivity contribution is 6.31. The van der Waals surface area contributed by atoms with Gasteiger partial charge in [-0.2, -0.15) is 0 Å². The molecule has 1 amide bonds. The zero-order valence-electron chi connectivity index (χ0n) is 16.4. The van der Waals surface area contributed by atoms with E-state index in [0.717, 1.165) is 22.5 Å². The summed E-state index contributed by atoms with van der Waals surface area (Å²) in [6.45, 7) is 4.23. The van der Waals surface area contributed by atoms with Gasteiger partial charge in [-0.25, -0.2) is 9.97 Å². The summed E-state index contributed by atoms with van der Waals surface area (Å²) in [6.07, 6.45) is 0.709. The predicted molar refractivity (Wildman–Crippen MR) is 115 cm³/mol. The molecule has 0 bridgehead atoms. The zero-order chi connectivity index (χ0) is 21.3. The molecule has 1 saturated heterocycles. The quantitative estimate of drug-likeness (QED) is 0.467. The first-order valence-electron chi connectivity index (χ1n) is 9.71. The van der Waals surface area contributed by atoms with Gasteiger partial charge in [0.2, 0.25) is 0 Å². The van der Waals surface area contributed by atoms with Crippen LogP contribution < -0.4 is 4.90 Å². The van der Waals surface area contributed by atoms with E-state index in [4.69, 9.17) is 16.6 Å². The molecule has 0 N–H and O–H groups in total. The summed E-state index contributed by atoms with van der Waals surface area (Å²) in [5, 5.41) is 12.5. The van der Waals surface area contributed by atoms with Crippen molar-refractivity contribution >= 4 is 39.9 Å². The first-order valence-corrected chi connectivity index (χ1v) is 10.1. The van der Waals surface area contributed by atoms with E-state index in [1.807, 2.05) is 25.1 Å². The molecular weight excluding hydrogens is 406 g/mol. The summed E-state index contributed by atoms with van der Waals surface area (Å²) in [4.78, 5) is 36.5. The van der Waals surface area contributed by atoms with E-state index in [0.29, 0.717) is 43.2 Å². The van der Waals surface area contributed by atoms with Crippen molar-refractivity contribution in [3.05, 3.63) is 69.0 Å². The van der Waals surface area contributed by atoms with E-state index < -0.39 is 4.92 Å². The van der Waals surface area contributed by atoms with Gasteiger partial charge in [0.1, 0.15) is 11.6 Å². The fourth-order valence-corrected chi connectivity index (χ4v) is 3.75. The lowest BCUT2D eigenvalue weighted by atomic mass is 10.1. The molecule has 1 fully saturated rings. The summed E-state index contributed by atoms with van der Waals surface area (Å²) in [5.74, 6) is 1.39. The first-order chi connectivity index (χ1) is 14.5. The van der Waals surface area contributed by atoms with Crippen molar-refractivity contribution in [1.29, 1.82) is 0 Å². The second kappa shape index (κ2) is 8.23. The highest BCUT2D eigenvalue weighted by Crippen LogP contribution is 2.27. The second-order valence-corrected chi connectivity index (χ2v) is 7.50. The van der Waals surface area contributed by atoms with Gasteiger partial charge in [-0.1, -0.05) is 24.6 Å². The van der Waals surface area contributed by atoms with Crippen molar-refractivity contribution in [2.45, 2.75) is 13.3 Å². The highest BCUT2D eigenvalue weighted by atomic mass is 35.5. The van der Waals surface area contributed by atoms with Gasteiger partial charge in [-0.3, -0.25) is 14.9 Å². The lowest BCUT2D eigenvalue weighted by Crippen LogP contribution is -2.49. The maximum Gasteiger partial charge on any atom is 0.270 e. The molecule has 4 rings (SSSR count). The summed E-state index contributed by atoms with van der Waals surface area (Å²) < 4.78 is 0. The Morgan fingerprint density at radius 3 is 2.60 bits per heavy atom. The first kappa shape index (κ1) is 20.0. The monoisotopic (exact) mass is 425 g/mol. The molecule has 0 saturated carbocycles. The molecule has 30 heavy (non-hydrogen) atoms. The lowest BCUT2D eigenvalue weighted by Gasteiger charge is -2.36. The molecule has 0 aliphatic carbocycles. The number of anilines is 1. The van der Waals surface area contributed by atoms with Crippen LogP contribution in [0.5, 0.6) is 0 Å². The normalized spacial score (nSPS) is 14.2. The summed E-state index contributed by atoms with van der Waals surface area (Å²) in [5.41, 5.74) is 1.05. The molecule has 1 aliphatic heterocycles. The number of rotatable bonds is 4. The third-order valence-corrected chi connectivity index (χ3v) is 5.41. The molecule has 9 heteroatoms. The van der Waals surface area contributed by atoms with Crippen LogP contribution in [0.15, 0.2) is 42.5 Å². The SMILES string of the molecule is CCc1nc(N2CCN(C(=O)c3cccc([N+](=O)[O-])c3)CC2)c2ccc(Cl)cc2n1. The Morgan fingerprint density at radius 1 is 1.13 bits per heavy atom. The van der Waals surface area contributed by atoms with Gasteiger partial charge in [0.05, 0.1) is 10.4 Å². The molecule has 2 aromatic carbocycles. The van der Waals surface area contributed by atoms with Crippen LogP contribution in [0.2, 0.25) is 5.02 Å². The van der Waals surface area contributed by atoms with Crippen LogP contribution >= 0.6 is 11.6 Å². The number of fused-ring (bicyclic) bond motifs is 1. The number of hydrogen-bond acceptors (Lipinski definition) is 6. The average Bonchev–Trinajstić information content (AvgIpc) is 2.77. The number of aromatic nitrogens is 2. The Kier molecular flexibility index (Phi) is 5.50. The molecular formula is C21H20ClN5O3. The van der Waals surface area contributed by atoms with E-state index in [9.17, 15) is 14.9 Å². The Bertz CT molecular complexity index is 1130. The number of carbonyl (C=O) groups is 1. The number of aryl methyl sites for hydroxylation is 1. The Hall–Kier alpha value is -3.26. The maximum atomic E-state index is 12.8. The fourth-order valence-electron chi connectivity index (χ4n) is 3.59. The van der Waals surface area contributed by atoms with E-state index >= 15 is 0 Å². The smallest absolute Gasteiger partial charge is 0.270 e. The largest absolute Gasteiger partial charge is 0.352 e. The third-order valence-electron chi connectivity index (χ3n) is 5.17. The third kappa shape index (κ3) is 3.91. The van der Waals surface area contributed by atoms with Crippen LogP contribution in [0.1, 0.15) is 23.1 Å². The molecule has 0 atom stereocenters. The van der Waals surface area contributed by atoms with Crippen molar-refractivity contribution in [3.63, 3.8) is 0 Å². The summed E-state index contributed by atoms with van der Waals surface area (Å²) in [6, 6.07) is 11.4. The number of halogens is 1. The molecule has 1 aliphatic rings. The number of nitro benzene ring substituents is 1. The number of carbonyl (C=O) groups excluding carboxylic acids is 1. The van der Waals surface area contributed by atoms with Gasteiger partial charge >= 0.3 is 0 Å². The molecule has 154 valence electrons. The maximum absolute atomic E-state index is 12.8. The minimum atomic E-state index is -0.494. The average molecular weight is 426 g/mol. The van der Waals surface area contributed by atoms with Crippen LogP contribution in [0.25, 0.3) is 10.9 Å². The Morgan fingerprint density at radius 2 is 1.90 bits per heavy atom. The topological polar surface area (TPSA) is 92.5 Å². The summed E-state index contributed by atoms with van der Waals surface area (Å²) >= 11 is 6.13.